The van der Waals surface area contributed by atoms with Crippen LogP contribution in [0.5, 0.6) is 0 Å². The average molecular weight is 483 g/mol. The number of aromatic nitrogens is 4. The predicted octanol–water partition coefficient (Wildman–Crippen LogP) is 0.715. The average Bonchev–Trinajstić information content (AvgIpc) is 3.38. The first-order valence-corrected chi connectivity index (χ1v) is 10.2. The summed E-state index contributed by atoms with van der Waals surface area (Å²) in [5, 5.41) is 11.3. The number of carbonyl (C=O) groups is 3. The molecule has 4 heterocycles. The SMILES string of the molecule is Cc1cnc(C(=O)N2CCC3(C2)CN(c2cnn(C)c2)C(=O)CN3C)cn1.O=C(O)C(F)(F)F. The van der Waals surface area contributed by atoms with Gasteiger partial charge in [-0.25, -0.2) is 9.78 Å². The Labute approximate surface area is 192 Å². The van der Waals surface area contributed by atoms with Crippen LogP contribution < -0.4 is 4.90 Å². The second-order valence-corrected chi connectivity index (χ2v) is 8.26. The first-order chi connectivity index (χ1) is 15.8. The molecule has 2 aliphatic rings. The van der Waals surface area contributed by atoms with E-state index >= 15 is 0 Å². The van der Waals surface area contributed by atoms with Gasteiger partial charge in [0.05, 0.1) is 35.9 Å². The van der Waals surface area contributed by atoms with Crippen LogP contribution in [-0.2, 0) is 16.6 Å². The van der Waals surface area contributed by atoms with Crippen LogP contribution >= 0.6 is 0 Å². The summed E-state index contributed by atoms with van der Waals surface area (Å²) >= 11 is 0. The van der Waals surface area contributed by atoms with Crippen molar-refractivity contribution < 1.29 is 32.7 Å². The molecule has 0 aromatic carbocycles. The summed E-state index contributed by atoms with van der Waals surface area (Å²) in [6, 6.07) is 0. The number of carbonyl (C=O) groups excluding carboxylic acids is 2. The van der Waals surface area contributed by atoms with E-state index in [1.807, 2.05) is 32.1 Å². The number of likely N-dealkylation sites (tertiary alicyclic amines) is 1. The summed E-state index contributed by atoms with van der Waals surface area (Å²) in [4.78, 5) is 48.3. The van der Waals surface area contributed by atoms with E-state index in [9.17, 15) is 22.8 Å². The van der Waals surface area contributed by atoms with Crippen molar-refractivity contribution in [2.45, 2.75) is 25.1 Å². The highest BCUT2D eigenvalue weighted by atomic mass is 19.4. The van der Waals surface area contributed by atoms with Crippen molar-refractivity contribution in [1.82, 2.24) is 29.5 Å². The maximum atomic E-state index is 12.8. The summed E-state index contributed by atoms with van der Waals surface area (Å²) in [7, 11) is 3.79. The molecule has 0 saturated carbocycles. The summed E-state index contributed by atoms with van der Waals surface area (Å²) in [5.74, 6) is -2.82. The van der Waals surface area contributed by atoms with Crippen LogP contribution in [0.1, 0.15) is 22.6 Å². The molecule has 1 unspecified atom stereocenters. The van der Waals surface area contributed by atoms with E-state index in [-0.39, 0.29) is 17.4 Å². The van der Waals surface area contributed by atoms with Gasteiger partial charge >= 0.3 is 12.1 Å². The second kappa shape index (κ2) is 9.37. The van der Waals surface area contributed by atoms with Crippen LogP contribution in [0.15, 0.2) is 24.8 Å². The number of piperazine rings is 1. The van der Waals surface area contributed by atoms with Crippen molar-refractivity contribution in [2.24, 2.45) is 7.05 Å². The molecule has 0 aliphatic carbocycles. The molecule has 34 heavy (non-hydrogen) atoms. The zero-order valence-electron chi connectivity index (χ0n) is 18.8. The van der Waals surface area contributed by atoms with Crippen LogP contribution in [0.3, 0.4) is 0 Å². The minimum atomic E-state index is -5.08. The van der Waals surface area contributed by atoms with Gasteiger partial charge in [0.15, 0.2) is 0 Å². The fourth-order valence-electron chi connectivity index (χ4n) is 3.88. The van der Waals surface area contributed by atoms with E-state index < -0.39 is 12.1 Å². The predicted molar refractivity (Wildman–Crippen MR) is 112 cm³/mol. The Hall–Kier alpha value is -3.55. The maximum Gasteiger partial charge on any atom is 0.490 e. The quantitative estimate of drug-likeness (QED) is 0.663. The van der Waals surface area contributed by atoms with Crippen LogP contribution in [0.25, 0.3) is 0 Å². The number of likely N-dealkylation sites (N-methyl/N-ethyl adjacent to an activating group) is 1. The van der Waals surface area contributed by atoms with Gasteiger partial charge in [-0.1, -0.05) is 0 Å². The zero-order valence-corrected chi connectivity index (χ0v) is 18.8. The normalized spacial score (nSPS) is 20.9. The van der Waals surface area contributed by atoms with Gasteiger partial charge < -0.3 is 14.9 Å². The molecule has 184 valence electrons. The molecule has 2 aromatic rings. The summed E-state index contributed by atoms with van der Waals surface area (Å²) in [6.07, 6.45) is 2.40. The number of aliphatic carboxylic acids is 1. The number of hydrogen-bond acceptors (Lipinski definition) is 7. The summed E-state index contributed by atoms with van der Waals surface area (Å²) < 4.78 is 33.4. The molecule has 1 N–H and O–H groups in total. The molecule has 1 spiro atoms. The van der Waals surface area contributed by atoms with Gasteiger partial charge in [0.2, 0.25) is 5.91 Å². The van der Waals surface area contributed by atoms with Gasteiger partial charge in [0, 0.05) is 39.1 Å². The Kier molecular flexibility index (Phi) is 6.91. The first kappa shape index (κ1) is 25.1. The molecule has 2 aromatic heterocycles. The Balaban J connectivity index is 0.000000406. The van der Waals surface area contributed by atoms with E-state index in [0.29, 0.717) is 31.9 Å². The van der Waals surface area contributed by atoms with Gasteiger partial charge in [-0.2, -0.15) is 18.3 Å². The fourth-order valence-corrected chi connectivity index (χ4v) is 3.88. The van der Waals surface area contributed by atoms with Gasteiger partial charge in [0.25, 0.3) is 5.91 Å². The molecule has 2 saturated heterocycles. The van der Waals surface area contributed by atoms with Crippen molar-refractivity contribution in [1.29, 1.82) is 0 Å². The Morgan fingerprint density at radius 3 is 2.32 bits per heavy atom. The maximum absolute atomic E-state index is 12.8. The lowest BCUT2D eigenvalue weighted by Crippen LogP contribution is -2.64. The van der Waals surface area contributed by atoms with Crippen LogP contribution in [0, 0.1) is 6.92 Å². The minimum absolute atomic E-state index is 0.0466. The molecule has 11 nitrogen and oxygen atoms in total. The number of carboxylic acid groups (broad SMARTS) is 1. The molecule has 0 radical (unpaired) electrons. The standard InChI is InChI=1S/C18H23N7O2.C2HF3O2/c1-13-6-20-15(8-19-13)17(27)24-5-4-18(11-24)12-25(16(26)10-22(18)2)14-7-21-23(3)9-14;3-2(4,5)1(6)7/h6-9H,4-5,10-12H2,1-3H3;(H,6,7). The van der Waals surface area contributed by atoms with E-state index in [4.69, 9.17) is 9.90 Å². The first-order valence-electron chi connectivity index (χ1n) is 10.2. The molecular formula is C20H24F3N7O4. The summed E-state index contributed by atoms with van der Waals surface area (Å²) in [6.45, 7) is 3.89. The zero-order chi connectivity index (χ0) is 25.3. The number of nitrogens with zero attached hydrogens (tertiary/aromatic N) is 7. The van der Waals surface area contributed by atoms with Crippen LogP contribution in [0.2, 0.25) is 0 Å². The number of carboxylic acids is 1. The highest BCUT2D eigenvalue weighted by Crippen LogP contribution is 2.33. The summed E-state index contributed by atoms with van der Waals surface area (Å²) in [5.41, 5.74) is 1.67. The molecule has 14 heteroatoms. The Bertz CT molecular complexity index is 1070. The lowest BCUT2D eigenvalue weighted by Gasteiger charge is -2.46. The van der Waals surface area contributed by atoms with E-state index in [0.717, 1.165) is 17.8 Å². The largest absolute Gasteiger partial charge is 0.490 e. The lowest BCUT2D eigenvalue weighted by molar-refractivity contribution is -0.192. The topological polar surface area (TPSA) is 125 Å². The number of anilines is 1. The third-order valence-electron chi connectivity index (χ3n) is 5.80. The number of rotatable bonds is 2. The number of alkyl halides is 3. The Morgan fingerprint density at radius 1 is 1.12 bits per heavy atom. The molecule has 1 atom stereocenters. The number of halogens is 3. The third-order valence-corrected chi connectivity index (χ3v) is 5.80. The highest BCUT2D eigenvalue weighted by molar-refractivity contribution is 5.96. The monoisotopic (exact) mass is 483 g/mol. The molecular weight excluding hydrogens is 459 g/mol. The number of aryl methyl sites for hydroxylation is 2. The van der Waals surface area contributed by atoms with E-state index in [1.54, 1.807) is 22.0 Å². The third kappa shape index (κ3) is 5.32. The molecule has 2 aliphatic heterocycles. The van der Waals surface area contributed by atoms with E-state index in [2.05, 4.69) is 20.0 Å². The number of hydrogen-bond donors (Lipinski definition) is 1. The van der Waals surface area contributed by atoms with Crippen molar-refractivity contribution in [3.05, 3.63) is 36.2 Å². The second-order valence-electron chi connectivity index (χ2n) is 8.26. The lowest BCUT2D eigenvalue weighted by atomic mass is 9.93. The van der Waals surface area contributed by atoms with Gasteiger partial charge in [-0.3, -0.25) is 24.2 Å². The molecule has 0 bridgehead atoms. The van der Waals surface area contributed by atoms with Gasteiger partial charge in [0.1, 0.15) is 5.69 Å². The molecule has 2 fully saturated rings. The van der Waals surface area contributed by atoms with Crippen molar-refractivity contribution in [3.63, 3.8) is 0 Å². The smallest absolute Gasteiger partial charge is 0.475 e. The van der Waals surface area contributed by atoms with Crippen LogP contribution in [-0.4, -0.2) is 97.4 Å². The van der Waals surface area contributed by atoms with E-state index in [1.165, 1.54) is 6.20 Å². The fraction of sp³-hybridized carbons (Fsp3) is 0.500. The van der Waals surface area contributed by atoms with Crippen molar-refractivity contribution in [2.75, 3.05) is 38.1 Å². The molecule has 2 amide bonds. The van der Waals surface area contributed by atoms with Crippen molar-refractivity contribution >= 4 is 23.5 Å². The highest BCUT2D eigenvalue weighted by Gasteiger charge is 2.49. The van der Waals surface area contributed by atoms with Crippen molar-refractivity contribution in [3.8, 4) is 0 Å². The van der Waals surface area contributed by atoms with Gasteiger partial charge in [-0.05, 0) is 20.4 Å². The van der Waals surface area contributed by atoms with Crippen LogP contribution in [0.4, 0.5) is 18.9 Å². The number of amides is 2. The Morgan fingerprint density at radius 2 is 1.79 bits per heavy atom. The molecule has 4 rings (SSSR count). The van der Waals surface area contributed by atoms with Gasteiger partial charge in [-0.15, -0.1) is 0 Å². The minimum Gasteiger partial charge on any atom is -0.475 e.